The molecule has 0 aliphatic heterocycles. The Hall–Kier alpha value is -9.32. The van der Waals surface area contributed by atoms with Crippen LogP contribution in [-0.2, 0) is 0 Å². The molecule has 0 amide bonds. The summed E-state index contributed by atoms with van der Waals surface area (Å²) in [5.74, 6) is 0.637. The highest BCUT2D eigenvalue weighted by Gasteiger charge is 2.23. The SMILES string of the molecule is C1=CC(n2c3ccccc3c3c(-c4cccc5oc6ccc(-c7ccc8c(c7)c7c9ccccc9ccc7n8-c7nc(-c8ccc(-c9ccccc9)cc8)c8ccccc8n7)cc6c45)cccc32)=CCC1. The highest BCUT2D eigenvalue weighted by molar-refractivity contribution is 6.23. The number of hydrogen-bond acceptors (Lipinski definition) is 3. The molecule has 0 N–H and O–H groups in total. The molecule has 332 valence electrons. The van der Waals surface area contributed by atoms with Crippen molar-refractivity contribution < 1.29 is 4.42 Å². The number of nitrogens with zero attached hydrogens (tertiary/aromatic N) is 4. The van der Waals surface area contributed by atoms with E-state index >= 15 is 0 Å². The molecule has 1 aliphatic rings. The van der Waals surface area contributed by atoms with Crippen molar-refractivity contribution in [2.75, 3.05) is 0 Å². The molecule has 71 heavy (non-hydrogen) atoms. The van der Waals surface area contributed by atoms with Crippen LogP contribution in [0, 0.1) is 0 Å². The predicted octanol–water partition coefficient (Wildman–Crippen LogP) is 17.7. The minimum atomic E-state index is 0.637. The lowest BCUT2D eigenvalue weighted by molar-refractivity contribution is 0.669. The van der Waals surface area contributed by atoms with Crippen molar-refractivity contribution in [1.82, 2.24) is 19.1 Å². The van der Waals surface area contributed by atoms with Crippen LogP contribution in [0.4, 0.5) is 0 Å². The van der Waals surface area contributed by atoms with Crippen molar-refractivity contribution in [1.29, 1.82) is 0 Å². The topological polar surface area (TPSA) is 48.8 Å². The Balaban J connectivity index is 0.916. The Kier molecular flexibility index (Phi) is 8.72. The van der Waals surface area contributed by atoms with Crippen LogP contribution in [-0.4, -0.2) is 19.1 Å². The van der Waals surface area contributed by atoms with E-state index in [0.717, 1.165) is 90.1 Å². The zero-order valence-corrected chi connectivity index (χ0v) is 38.6. The van der Waals surface area contributed by atoms with Crippen LogP contribution >= 0.6 is 0 Å². The van der Waals surface area contributed by atoms with Gasteiger partial charge in [0.2, 0.25) is 5.95 Å². The van der Waals surface area contributed by atoms with Gasteiger partial charge in [0.25, 0.3) is 0 Å². The number of fused-ring (bicyclic) bond motifs is 12. The normalized spacial score (nSPS) is 13.0. The lowest BCUT2D eigenvalue weighted by Gasteiger charge is -2.12. The van der Waals surface area contributed by atoms with Crippen LogP contribution in [0.3, 0.4) is 0 Å². The smallest absolute Gasteiger partial charge is 0.235 e. The number of para-hydroxylation sites is 2. The molecule has 5 heteroatoms. The molecular formula is C66H42N4O. The van der Waals surface area contributed by atoms with Gasteiger partial charge in [-0.1, -0.05) is 170 Å². The highest BCUT2D eigenvalue weighted by Crippen LogP contribution is 2.45. The molecule has 0 saturated heterocycles. The lowest BCUT2D eigenvalue weighted by Crippen LogP contribution is -2.03. The second kappa shape index (κ2) is 15.6. The van der Waals surface area contributed by atoms with E-state index in [0.29, 0.717) is 5.95 Å². The Morgan fingerprint density at radius 1 is 0.380 bits per heavy atom. The lowest BCUT2D eigenvalue weighted by atomic mass is 9.94. The first kappa shape index (κ1) is 39.7. The summed E-state index contributed by atoms with van der Waals surface area (Å²) in [6.07, 6.45) is 9.04. The van der Waals surface area contributed by atoms with Crippen LogP contribution < -0.4 is 0 Å². The predicted molar refractivity (Wildman–Crippen MR) is 296 cm³/mol. The number of hydrogen-bond donors (Lipinski definition) is 0. The van der Waals surface area contributed by atoms with Gasteiger partial charge in [0, 0.05) is 49.0 Å². The van der Waals surface area contributed by atoms with Crippen molar-refractivity contribution in [2.24, 2.45) is 0 Å². The molecule has 0 saturated carbocycles. The van der Waals surface area contributed by atoms with Gasteiger partial charge in [0.1, 0.15) is 11.2 Å². The van der Waals surface area contributed by atoms with E-state index in [1.54, 1.807) is 0 Å². The number of allylic oxidation sites excluding steroid dienone is 4. The molecular weight excluding hydrogens is 865 g/mol. The van der Waals surface area contributed by atoms with E-state index < -0.39 is 0 Å². The van der Waals surface area contributed by atoms with E-state index in [-0.39, 0.29) is 0 Å². The van der Waals surface area contributed by atoms with Crippen molar-refractivity contribution in [3.8, 4) is 50.6 Å². The maximum Gasteiger partial charge on any atom is 0.235 e. The number of rotatable bonds is 6. The first-order chi connectivity index (χ1) is 35.2. The van der Waals surface area contributed by atoms with Crippen LogP contribution in [0.1, 0.15) is 12.8 Å². The molecule has 0 radical (unpaired) electrons. The van der Waals surface area contributed by atoms with Crippen LogP contribution in [0.15, 0.2) is 235 Å². The fourth-order valence-electron chi connectivity index (χ4n) is 11.5. The molecule has 0 spiro atoms. The number of furan rings is 1. The van der Waals surface area contributed by atoms with E-state index in [2.05, 4.69) is 240 Å². The summed E-state index contributed by atoms with van der Waals surface area (Å²) in [6, 6.07) is 76.3. The van der Waals surface area contributed by atoms with Gasteiger partial charge in [-0.05, 0) is 118 Å². The molecule has 4 aromatic heterocycles. The van der Waals surface area contributed by atoms with Gasteiger partial charge in [-0.15, -0.1) is 0 Å². The molecule has 5 nitrogen and oxygen atoms in total. The monoisotopic (exact) mass is 906 g/mol. The van der Waals surface area contributed by atoms with Crippen molar-refractivity contribution in [3.05, 3.63) is 231 Å². The average Bonchev–Trinajstić information content (AvgIpc) is 4.11. The molecule has 0 fully saturated rings. The number of benzene rings is 10. The molecule has 1 aliphatic carbocycles. The minimum absolute atomic E-state index is 0.637. The summed E-state index contributed by atoms with van der Waals surface area (Å²) in [7, 11) is 0. The summed E-state index contributed by atoms with van der Waals surface area (Å²) < 4.78 is 11.4. The molecule has 10 aromatic carbocycles. The van der Waals surface area contributed by atoms with E-state index in [1.165, 1.54) is 60.4 Å². The third-order valence-electron chi connectivity index (χ3n) is 14.8. The zero-order chi connectivity index (χ0) is 46.6. The fraction of sp³-hybridized carbons (Fsp3) is 0.0303. The summed E-state index contributed by atoms with van der Waals surface area (Å²) in [4.78, 5) is 10.8. The van der Waals surface area contributed by atoms with Gasteiger partial charge in [-0.3, -0.25) is 4.57 Å². The maximum absolute atomic E-state index is 6.69. The van der Waals surface area contributed by atoms with Crippen molar-refractivity contribution >= 4 is 92.9 Å². The van der Waals surface area contributed by atoms with Crippen molar-refractivity contribution in [2.45, 2.75) is 12.8 Å². The van der Waals surface area contributed by atoms with E-state index in [4.69, 9.17) is 14.4 Å². The fourth-order valence-corrected chi connectivity index (χ4v) is 11.5. The molecule has 15 rings (SSSR count). The Morgan fingerprint density at radius 3 is 1.89 bits per heavy atom. The second-order valence-corrected chi connectivity index (χ2v) is 18.7. The van der Waals surface area contributed by atoms with Crippen molar-refractivity contribution in [3.63, 3.8) is 0 Å². The van der Waals surface area contributed by atoms with Gasteiger partial charge in [-0.25, -0.2) is 9.97 Å². The van der Waals surface area contributed by atoms with Gasteiger partial charge in [0.05, 0.1) is 33.3 Å². The summed E-state index contributed by atoms with van der Waals surface area (Å²) in [6.45, 7) is 0. The first-order valence-corrected chi connectivity index (χ1v) is 24.5. The summed E-state index contributed by atoms with van der Waals surface area (Å²) >= 11 is 0. The van der Waals surface area contributed by atoms with Crippen LogP contribution in [0.2, 0.25) is 0 Å². The molecule has 0 atom stereocenters. The Bertz CT molecular complexity index is 4570. The van der Waals surface area contributed by atoms with Gasteiger partial charge < -0.3 is 8.98 Å². The van der Waals surface area contributed by atoms with Gasteiger partial charge >= 0.3 is 0 Å². The summed E-state index contributed by atoms with van der Waals surface area (Å²) in [5, 5.41) is 10.4. The number of aromatic nitrogens is 4. The zero-order valence-electron chi connectivity index (χ0n) is 38.6. The van der Waals surface area contributed by atoms with E-state index in [1.807, 2.05) is 0 Å². The quantitative estimate of drug-likeness (QED) is 0.167. The standard InChI is InChI=1S/C66H42N4O/c1-3-15-41(16-4-1)42-29-31-44(32-30-42)65-51-21-9-11-25-55(51)67-66(68-65)70-57-36-34-45(39-53(57)62-48-20-8-7-17-43(48)33-37-59(62)70)46-35-38-60-54(40-46)64-50(24-14-28-61(64)71-60)49-23-13-27-58-63(49)52-22-10-12-26-56(52)69(58)47-18-5-2-6-19-47/h1,3-5,7-40H,2,6H2. The van der Waals surface area contributed by atoms with E-state index in [9.17, 15) is 0 Å². The van der Waals surface area contributed by atoms with Crippen LogP contribution in [0.5, 0.6) is 0 Å². The Labute approximate surface area is 408 Å². The van der Waals surface area contributed by atoms with Crippen LogP contribution in [0.25, 0.3) is 144 Å². The molecule has 14 aromatic rings. The van der Waals surface area contributed by atoms with Gasteiger partial charge in [-0.2, -0.15) is 0 Å². The third kappa shape index (κ3) is 6.13. The van der Waals surface area contributed by atoms with Gasteiger partial charge in [0.15, 0.2) is 0 Å². The molecule has 0 unspecified atom stereocenters. The summed E-state index contributed by atoms with van der Waals surface area (Å²) in [5.41, 5.74) is 17.3. The highest BCUT2D eigenvalue weighted by atomic mass is 16.3. The molecule has 0 bridgehead atoms. The minimum Gasteiger partial charge on any atom is -0.456 e. The second-order valence-electron chi connectivity index (χ2n) is 18.7. The average molecular weight is 907 g/mol. The molecule has 4 heterocycles. The first-order valence-electron chi connectivity index (χ1n) is 24.5. The maximum atomic E-state index is 6.69. The largest absolute Gasteiger partial charge is 0.456 e. The Morgan fingerprint density at radius 2 is 1.03 bits per heavy atom. The third-order valence-corrected chi connectivity index (χ3v) is 14.8.